The Bertz CT molecular complexity index is 244. The van der Waals surface area contributed by atoms with Gasteiger partial charge in [-0.15, -0.1) is 0 Å². The summed E-state index contributed by atoms with van der Waals surface area (Å²) in [5.41, 5.74) is 0. The van der Waals surface area contributed by atoms with Crippen LogP contribution in [0.5, 0.6) is 0 Å². The number of aliphatic hydroxyl groups excluding tert-OH is 1. The van der Waals surface area contributed by atoms with E-state index in [0.29, 0.717) is 6.42 Å². The number of carbonyl (C=O) groups is 2. The zero-order valence-electron chi connectivity index (χ0n) is 7.20. The first kappa shape index (κ1) is 9.66. The van der Waals surface area contributed by atoms with Crippen LogP contribution in [-0.2, 0) is 9.59 Å². The minimum absolute atomic E-state index is 0.0276. The molecule has 1 unspecified atom stereocenters. The number of hydrogen-bond acceptors (Lipinski definition) is 4. The predicted molar refractivity (Wildman–Crippen MR) is 44.9 cm³/mol. The summed E-state index contributed by atoms with van der Waals surface area (Å²) in [5.74, 6) is -1.24. The molecule has 1 atom stereocenters. The molecule has 6 nitrogen and oxygen atoms in total. The number of rotatable bonds is 3. The van der Waals surface area contributed by atoms with Gasteiger partial charge in [-0.2, -0.15) is 0 Å². The molecule has 6 heteroatoms. The van der Waals surface area contributed by atoms with E-state index in [0.717, 1.165) is 0 Å². The molecular weight excluding hydrogens is 174 g/mol. The Labute approximate surface area is 75.0 Å². The van der Waals surface area contributed by atoms with Crippen LogP contribution in [0.4, 0.5) is 0 Å². The molecule has 0 saturated carbocycles. The van der Waals surface area contributed by atoms with Crippen molar-refractivity contribution in [1.29, 1.82) is 0 Å². The second-order valence-corrected chi connectivity index (χ2v) is 2.75. The van der Waals surface area contributed by atoms with Gasteiger partial charge in [-0.1, -0.05) is 0 Å². The molecule has 72 valence electrons. The first-order chi connectivity index (χ1) is 6.13. The van der Waals surface area contributed by atoms with Crippen molar-refractivity contribution < 1.29 is 14.7 Å². The number of nitrogens with zero attached hydrogens (tertiary/aromatic N) is 1. The van der Waals surface area contributed by atoms with Gasteiger partial charge in [0, 0.05) is 6.61 Å². The van der Waals surface area contributed by atoms with Gasteiger partial charge in [0.05, 0.1) is 6.04 Å². The number of aliphatic imine (C=N–C) groups is 1. The van der Waals surface area contributed by atoms with Gasteiger partial charge in [0.15, 0.2) is 0 Å². The number of nitrogens with one attached hydrogen (secondary N) is 2. The summed E-state index contributed by atoms with van der Waals surface area (Å²) >= 11 is 0. The van der Waals surface area contributed by atoms with Crippen molar-refractivity contribution in [2.24, 2.45) is 4.99 Å². The van der Waals surface area contributed by atoms with Gasteiger partial charge in [-0.3, -0.25) is 20.2 Å². The second-order valence-electron chi connectivity index (χ2n) is 2.75. The average molecular weight is 185 g/mol. The molecule has 0 radical (unpaired) electrons. The highest BCUT2D eigenvalue weighted by atomic mass is 16.3. The van der Waals surface area contributed by atoms with Crippen LogP contribution in [0.3, 0.4) is 0 Å². The highest BCUT2D eigenvalue weighted by molar-refractivity contribution is 6.45. The standard InChI is InChI=1S/C7H11N3O3/c1-4(2-3-11)8-7-9-5(12)6(13)10-7/h4,11H,2-3H2,1H3,(H2,8,9,10,12,13). The Hall–Kier alpha value is -1.43. The van der Waals surface area contributed by atoms with Crippen molar-refractivity contribution in [2.45, 2.75) is 19.4 Å². The first-order valence-electron chi connectivity index (χ1n) is 3.94. The predicted octanol–water partition coefficient (Wildman–Crippen LogP) is -1.64. The van der Waals surface area contributed by atoms with Gasteiger partial charge >= 0.3 is 11.8 Å². The van der Waals surface area contributed by atoms with Crippen LogP contribution in [0.2, 0.25) is 0 Å². The fourth-order valence-corrected chi connectivity index (χ4v) is 0.896. The van der Waals surface area contributed by atoms with Crippen molar-refractivity contribution in [1.82, 2.24) is 10.6 Å². The maximum absolute atomic E-state index is 10.7. The monoisotopic (exact) mass is 185 g/mol. The van der Waals surface area contributed by atoms with Gasteiger partial charge in [-0.05, 0) is 13.3 Å². The van der Waals surface area contributed by atoms with Gasteiger partial charge in [0.25, 0.3) is 0 Å². The number of guanidine groups is 1. The van der Waals surface area contributed by atoms with Gasteiger partial charge in [-0.25, -0.2) is 4.99 Å². The van der Waals surface area contributed by atoms with E-state index in [1.54, 1.807) is 6.92 Å². The van der Waals surface area contributed by atoms with Crippen molar-refractivity contribution >= 4 is 17.8 Å². The Kier molecular flexibility index (Phi) is 2.97. The quantitative estimate of drug-likeness (QED) is 0.460. The van der Waals surface area contributed by atoms with E-state index in [2.05, 4.69) is 15.6 Å². The molecule has 0 spiro atoms. The summed E-state index contributed by atoms with van der Waals surface area (Å²) in [6, 6.07) is -0.126. The Morgan fingerprint density at radius 3 is 2.38 bits per heavy atom. The van der Waals surface area contributed by atoms with Crippen molar-refractivity contribution in [3.05, 3.63) is 0 Å². The molecule has 13 heavy (non-hydrogen) atoms. The van der Waals surface area contributed by atoms with Crippen LogP contribution in [0, 0.1) is 0 Å². The molecular formula is C7H11N3O3. The smallest absolute Gasteiger partial charge is 0.316 e. The largest absolute Gasteiger partial charge is 0.396 e. The van der Waals surface area contributed by atoms with E-state index in [4.69, 9.17) is 5.11 Å². The normalized spacial score (nSPS) is 18.2. The van der Waals surface area contributed by atoms with Crippen LogP contribution in [0.25, 0.3) is 0 Å². The molecule has 1 heterocycles. The Balaban J connectivity index is 2.54. The van der Waals surface area contributed by atoms with E-state index >= 15 is 0 Å². The Morgan fingerprint density at radius 2 is 1.92 bits per heavy atom. The third-order valence-corrected chi connectivity index (χ3v) is 1.57. The summed E-state index contributed by atoms with van der Waals surface area (Å²) in [6.45, 7) is 1.81. The fraction of sp³-hybridized carbons (Fsp3) is 0.571. The third-order valence-electron chi connectivity index (χ3n) is 1.57. The van der Waals surface area contributed by atoms with E-state index in [1.807, 2.05) is 0 Å². The van der Waals surface area contributed by atoms with E-state index < -0.39 is 11.8 Å². The highest BCUT2D eigenvalue weighted by Gasteiger charge is 2.25. The molecule has 1 fully saturated rings. The van der Waals surface area contributed by atoms with Gasteiger partial charge in [0.2, 0.25) is 5.96 Å². The van der Waals surface area contributed by atoms with Crippen LogP contribution < -0.4 is 10.6 Å². The van der Waals surface area contributed by atoms with Crippen molar-refractivity contribution in [3.63, 3.8) is 0 Å². The topological polar surface area (TPSA) is 90.8 Å². The molecule has 1 saturated heterocycles. The summed E-state index contributed by atoms with van der Waals surface area (Å²) in [6.07, 6.45) is 0.495. The SMILES string of the molecule is CC(CCO)N=C1NC(=O)C(=O)N1. The maximum Gasteiger partial charge on any atom is 0.316 e. The summed E-state index contributed by atoms with van der Waals surface area (Å²) in [5, 5.41) is 13.1. The number of carbonyl (C=O) groups excluding carboxylic acids is 2. The summed E-state index contributed by atoms with van der Waals surface area (Å²) in [7, 11) is 0. The number of amides is 2. The van der Waals surface area contributed by atoms with E-state index in [-0.39, 0.29) is 18.6 Å². The number of hydrogen-bond donors (Lipinski definition) is 3. The molecule has 1 aliphatic rings. The zero-order valence-corrected chi connectivity index (χ0v) is 7.20. The minimum Gasteiger partial charge on any atom is -0.396 e. The summed E-state index contributed by atoms with van der Waals surface area (Å²) < 4.78 is 0. The molecule has 0 bridgehead atoms. The zero-order chi connectivity index (χ0) is 9.84. The van der Waals surface area contributed by atoms with Crippen LogP contribution in [-0.4, -0.2) is 35.5 Å². The third kappa shape index (κ3) is 2.51. The minimum atomic E-state index is -0.699. The van der Waals surface area contributed by atoms with Crippen LogP contribution in [0.15, 0.2) is 4.99 Å². The van der Waals surface area contributed by atoms with Crippen molar-refractivity contribution in [2.75, 3.05) is 6.61 Å². The highest BCUT2D eigenvalue weighted by Crippen LogP contribution is 1.96. The molecule has 0 aromatic rings. The summed E-state index contributed by atoms with van der Waals surface area (Å²) in [4.78, 5) is 25.3. The molecule has 1 aliphatic heterocycles. The molecule has 0 aromatic heterocycles. The van der Waals surface area contributed by atoms with Gasteiger partial charge in [0.1, 0.15) is 0 Å². The first-order valence-corrected chi connectivity index (χ1v) is 3.94. The van der Waals surface area contributed by atoms with E-state index in [9.17, 15) is 9.59 Å². The molecule has 0 aromatic carbocycles. The second kappa shape index (κ2) is 3.99. The fourth-order valence-electron chi connectivity index (χ4n) is 0.896. The lowest BCUT2D eigenvalue weighted by molar-refractivity contribution is -0.135. The lowest BCUT2D eigenvalue weighted by Crippen LogP contribution is -2.27. The molecule has 2 amide bonds. The molecule has 1 rings (SSSR count). The van der Waals surface area contributed by atoms with Gasteiger partial charge < -0.3 is 5.11 Å². The molecule has 0 aliphatic carbocycles. The molecule has 3 N–H and O–H groups in total. The number of aliphatic hydroxyl groups is 1. The van der Waals surface area contributed by atoms with Crippen LogP contribution >= 0.6 is 0 Å². The van der Waals surface area contributed by atoms with E-state index in [1.165, 1.54) is 0 Å². The lowest BCUT2D eigenvalue weighted by atomic mass is 10.3. The Morgan fingerprint density at radius 1 is 1.38 bits per heavy atom. The maximum atomic E-state index is 10.7. The lowest BCUT2D eigenvalue weighted by Gasteiger charge is -2.03. The van der Waals surface area contributed by atoms with Crippen molar-refractivity contribution in [3.8, 4) is 0 Å². The van der Waals surface area contributed by atoms with Crippen LogP contribution in [0.1, 0.15) is 13.3 Å². The average Bonchev–Trinajstić information content (AvgIpc) is 2.31.